The maximum atomic E-state index is 11.1. The van der Waals surface area contributed by atoms with Crippen LogP contribution in [-0.2, 0) is 10.0 Å². The second kappa shape index (κ2) is 4.61. The van der Waals surface area contributed by atoms with Crippen molar-refractivity contribution in [2.24, 2.45) is 5.73 Å². The van der Waals surface area contributed by atoms with Gasteiger partial charge in [-0.05, 0) is 11.6 Å². The van der Waals surface area contributed by atoms with Crippen molar-refractivity contribution in [2.45, 2.75) is 0 Å². The molecule has 5 nitrogen and oxygen atoms in total. The molecule has 0 atom stereocenters. The van der Waals surface area contributed by atoms with Crippen molar-refractivity contribution in [3.63, 3.8) is 0 Å². The number of carbonyl (C=O) groups is 1. The highest BCUT2D eigenvalue weighted by Crippen LogP contribution is 2.02. The first-order valence-electron chi connectivity index (χ1n) is 4.05. The molecule has 6 heteroatoms. The fraction of sp³-hybridized carbons (Fsp3) is 0. The van der Waals surface area contributed by atoms with Gasteiger partial charge in [0.25, 0.3) is 10.0 Å². The summed E-state index contributed by atoms with van der Waals surface area (Å²) in [5.74, 6) is 0. The van der Waals surface area contributed by atoms with Crippen molar-refractivity contribution in [3.05, 3.63) is 41.3 Å². The van der Waals surface area contributed by atoms with E-state index in [-0.39, 0.29) is 0 Å². The standard InChI is InChI=1S/C9H10N2O3S/c10-9(12)11-15(13,14)7-6-8-4-2-1-3-5-8/h1-7H,(H3,10,11,12)/b7-6+. The Bertz CT molecular complexity index is 465. The second-order valence-corrected chi connectivity index (χ2v) is 4.29. The van der Waals surface area contributed by atoms with E-state index in [1.54, 1.807) is 29.0 Å². The number of benzene rings is 1. The largest absolute Gasteiger partial charge is 0.351 e. The number of nitrogens with two attached hydrogens (primary N) is 1. The minimum atomic E-state index is -3.78. The van der Waals surface area contributed by atoms with Gasteiger partial charge in [-0.3, -0.25) is 0 Å². The van der Waals surface area contributed by atoms with Gasteiger partial charge in [-0.1, -0.05) is 30.3 Å². The van der Waals surface area contributed by atoms with Gasteiger partial charge in [0.05, 0.1) is 5.41 Å². The van der Waals surface area contributed by atoms with Crippen molar-refractivity contribution in [1.82, 2.24) is 4.72 Å². The number of rotatable bonds is 3. The molecule has 1 aromatic rings. The Labute approximate surface area is 87.6 Å². The SMILES string of the molecule is NC(=O)NS(=O)(=O)/C=C/c1ccccc1. The van der Waals surface area contributed by atoms with Crippen LogP contribution in [0.3, 0.4) is 0 Å². The third-order valence-electron chi connectivity index (χ3n) is 1.48. The van der Waals surface area contributed by atoms with E-state index in [0.717, 1.165) is 5.41 Å². The highest BCUT2D eigenvalue weighted by Gasteiger charge is 2.06. The van der Waals surface area contributed by atoms with Gasteiger partial charge in [-0.2, -0.15) is 0 Å². The molecule has 0 bridgehead atoms. The lowest BCUT2D eigenvalue weighted by Crippen LogP contribution is -2.33. The van der Waals surface area contributed by atoms with Gasteiger partial charge in [0.2, 0.25) is 0 Å². The number of amides is 2. The van der Waals surface area contributed by atoms with E-state index in [0.29, 0.717) is 5.56 Å². The van der Waals surface area contributed by atoms with Crippen LogP contribution < -0.4 is 10.5 Å². The summed E-state index contributed by atoms with van der Waals surface area (Å²) in [4.78, 5) is 10.3. The Morgan fingerprint density at radius 3 is 2.40 bits per heavy atom. The second-order valence-electron chi connectivity index (χ2n) is 2.72. The Kier molecular flexibility index (Phi) is 3.46. The fourth-order valence-electron chi connectivity index (χ4n) is 0.907. The van der Waals surface area contributed by atoms with Crippen LogP contribution in [0.2, 0.25) is 0 Å². The lowest BCUT2D eigenvalue weighted by molar-refractivity contribution is 0.253. The van der Waals surface area contributed by atoms with E-state index in [4.69, 9.17) is 0 Å². The number of primary amides is 1. The molecule has 3 N–H and O–H groups in total. The molecule has 1 aromatic carbocycles. The van der Waals surface area contributed by atoms with Crippen LogP contribution in [-0.4, -0.2) is 14.4 Å². The Balaban J connectivity index is 2.78. The Hall–Kier alpha value is -1.82. The van der Waals surface area contributed by atoms with Gasteiger partial charge >= 0.3 is 6.03 Å². The van der Waals surface area contributed by atoms with E-state index in [1.165, 1.54) is 6.08 Å². The average Bonchev–Trinajstić information content (AvgIpc) is 2.15. The summed E-state index contributed by atoms with van der Waals surface area (Å²) >= 11 is 0. The van der Waals surface area contributed by atoms with Crippen LogP contribution in [0.4, 0.5) is 4.79 Å². The summed E-state index contributed by atoms with van der Waals surface area (Å²) in [5.41, 5.74) is 5.40. The van der Waals surface area contributed by atoms with Gasteiger partial charge in [0.1, 0.15) is 0 Å². The molecule has 0 aliphatic carbocycles. The van der Waals surface area contributed by atoms with E-state index in [2.05, 4.69) is 5.73 Å². The van der Waals surface area contributed by atoms with Crippen LogP contribution in [0.15, 0.2) is 35.7 Å². The number of urea groups is 1. The lowest BCUT2D eigenvalue weighted by Gasteiger charge is -1.97. The number of sulfonamides is 1. The summed E-state index contributed by atoms with van der Waals surface area (Å²) in [7, 11) is -3.78. The van der Waals surface area contributed by atoms with Gasteiger partial charge in [-0.15, -0.1) is 0 Å². The molecule has 2 amide bonds. The van der Waals surface area contributed by atoms with E-state index >= 15 is 0 Å². The molecule has 0 saturated heterocycles. The molecule has 0 unspecified atom stereocenters. The molecule has 0 aromatic heterocycles. The molecule has 0 spiro atoms. The van der Waals surface area contributed by atoms with Crippen molar-refractivity contribution < 1.29 is 13.2 Å². The predicted octanol–water partition coefficient (Wildman–Crippen LogP) is 0.655. The molecule has 15 heavy (non-hydrogen) atoms. The first kappa shape index (κ1) is 11.3. The number of hydrogen-bond donors (Lipinski definition) is 2. The normalized spacial score (nSPS) is 11.5. The molecule has 0 saturated carbocycles. The zero-order valence-corrected chi connectivity index (χ0v) is 8.57. The van der Waals surface area contributed by atoms with E-state index in [1.807, 2.05) is 6.07 Å². The first-order valence-corrected chi connectivity index (χ1v) is 5.59. The molecule has 0 aliphatic rings. The number of carbonyl (C=O) groups excluding carboxylic acids is 1. The van der Waals surface area contributed by atoms with Crippen LogP contribution in [0.5, 0.6) is 0 Å². The molecule has 0 radical (unpaired) electrons. The lowest BCUT2D eigenvalue weighted by atomic mass is 10.2. The smallest absolute Gasteiger partial charge is 0.326 e. The summed E-state index contributed by atoms with van der Waals surface area (Å²) < 4.78 is 23.8. The molecule has 0 aliphatic heterocycles. The predicted molar refractivity (Wildman–Crippen MR) is 57.1 cm³/mol. The molecule has 0 heterocycles. The Morgan fingerprint density at radius 1 is 1.27 bits per heavy atom. The van der Waals surface area contributed by atoms with Crippen LogP contribution in [0.25, 0.3) is 6.08 Å². The highest BCUT2D eigenvalue weighted by atomic mass is 32.2. The zero-order valence-electron chi connectivity index (χ0n) is 7.75. The van der Waals surface area contributed by atoms with Crippen LogP contribution in [0, 0.1) is 0 Å². The Morgan fingerprint density at radius 2 is 1.87 bits per heavy atom. The number of hydrogen-bond acceptors (Lipinski definition) is 3. The summed E-state index contributed by atoms with van der Waals surface area (Å²) in [5, 5.41) is 0.882. The summed E-state index contributed by atoms with van der Waals surface area (Å²) in [6, 6.07) is 7.72. The molecule has 80 valence electrons. The molecular weight excluding hydrogens is 216 g/mol. The van der Waals surface area contributed by atoms with Gasteiger partial charge < -0.3 is 5.73 Å². The maximum absolute atomic E-state index is 11.1. The highest BCUT2D eigenvalue weighted by molar-refractivity contribution is 7.93. The zero-order chi connectivity index (χ0) is 11.3. The monoisotopic (exact) mass is 226 g/mol. The van der Waals surface area contributed by atoms with Gasteiger partial charge in [0.15, 0.2) is 0 Å². The molecule has 0 fully saturated rings. The minimum Gasteiger partial charge on any atom is -0.351 e. The van der Waals surface area contributed by atoms with Crippen molar-refractivity contribution in [2.75, 3.05) is 0 Å². The van der Waals surface area contributed by atoms with Crippen molar-refractivity contribution in [1.29, 1.82) is 0 Å². The fourth-order valence-corrected chi connectivity index (χ4v) is 1.59. The minimum absolute atomic E-state index is 0.715. The van der Waals surface area contributed by atoms with Gasteiger partial charge in [0, 0.05) is 0 Å². The maximum Gasteiger partial charge on any atom is 0.326 e. The van der Waals surface area contributed by atoms with E-state index in [9.17, 15) is 13.2 Å². The topological polar surface area (TPSA) is 89.3 Å². The molecule has 1 rings (SSSR count). The molecular formula is C9H10N2O3S. The van der Waals surface area contributed by atoms with Crippen molar-refractivity contribution in [3.8, 4) is 0 Å². The quantitative estimate of drug-likeness (QED) is 0.793. The summed E-state index contributed by atoms with van der Waals surface area (Å²) in [6.45, 7) is 0. The van der Waals surface area contributed by atoms with Crippen LogP contribution in [0.1, 0.15) is 5.56 Å². The third kappa shape index (κ3) is 4.28. The summed E-state index contributed by atoms with van der Waals surface area (Å²) in [6.07, 6.45) is 1.37. The first-order chi connectivity index (χ1) is 6.99. The third-order valence-corrected chi connectivity index (χ3v) is 2.46. The van der Waals surface area contributed by atoms with Crippen molar-refractivity contribution >= 4 is 22.1 Å². The number of nitrogens with one attached hydrogen (secondary N) is 1. The average molecular weight is 226 g/mol. The van der Waals surface area contributed by atoms with E-state index < -0.39 is 16.1 Å². The van der Waals surface area contributed by atoms with Crippen LogP contribution >= 0.6 is 0 Å². The van der Waals surface area contributed by atoms with Gasteiger partial charge in [-0.25, -0.2) is 17.9 Å².